The number of nitrogens with zero attached hydrogens (tertiary/aromatic N) is 1. The molecule has 4 amide bonds. The molecule has 9 N–H and O–H groups in total. The molecule has 0 fully saturated rings. The highest BCUT2D eigenvalue weighted by Crippen LogP contribution is 2.06. The number of carboxylic acid groups (broad SMARTS) is 1. The maximum Gasteiger partial charge on any atom is 0.326 e. The van der Waals surface area contributed by atoms with E-state index < -0.39 is 60.2 Å². The Bertz CT molecular complexity index is 1050. The van der Waals surface area contributed by atoms with E-state index in [1.165, 1.54) is 12.5 Å². The quantitative estimate of drug-likeness (QED) is 0.128. The van der Waals surface area contributed by atoms with Crippen LogP contribution in [-0.4, -0.2) is 74.6 Å². The van der Waals surface area contributed by atoms with Gasteiger partial charge in [0.25, 0.3) is 0 Å². The van der Waals surface area contributed by atoms with Crippen molar-refractivity contribution in [1.29, 1.82) is 0 Å². The van der Waals surface area contributed by atoms with Gasteiger partial charge in [0.15, 0.2) is 0 Å². The molecule has 2 aromatic rings. The highest BCUT2D eigenvalue weighted by Gasteiger charge is 2.31. The van der Waals surface area contributed by atoms with Crippen LogP contribution >= 0.6 is 12.6 Å². The number of imidazole rings is 1. The fourth-order valence-electron chi connectivity index (χ4n) is 3.19. The standard InChI is InChI=1S/C22H29N7O6S/c23-14(10-36)19(31)27-15(6-12-4-2-1-3-5-12)20(32)28-16(8-18(24)30)21(33)29-17(22(34)35)7-13-9-25-11-26-13/h1-5,9,11,14-17,36H,6-8,10,23H2,(H2,24,30)(H,25,26)(H,27,31)(H,28,32)(H,29,33)(H,34,35). The molecule has 0 saturated heterocycles. The van der Waals surface area contributed by atoms with Crippen molar-refractivity contribution in [2.75, 3.05) is 5.75 Å². The first kappa shape index (κ1) is 28.3. The molecular weight excluding hydrogens is 490 g/mol. The molecule has 14 heteroatoms. The molecule has 0 spiro atoms. The van der Waals surface area contributed by atoms with E-state index in [1.807, 2.05) is 0 Å². The third kappa shape index (κ3) is 9.03. The van der Waals surface area contributed by atoms with Crippen molar-refractivity contribution >= 4 is 42.2 Å². The molecule has 1 heterocycles. The first-order valence-corrected chi connectivity index (χ1v) is 11.5. The Labute approximate surface area is 212 Å². The Morgan fingerprint density at radius 2 is 1.56 bits per heavy atom. The van der Waals surface area contributed by atoms with Crippen LogP contribution in [0, 0.1) is 0 Å². The number of thiol groups is 1. The Morgan fingerprint density at radius 3 is 2.11 bits per heavy atom. The van der Waals surface area contributed by atoms with Crippen LogP contribution in [0.1, 0.15) is 17.7 Å². The van der Waals surface area contributed by atoms with Gasteiger partial charge in [-0.05, 0) is 5.56 Å². The lowest BCUT2D eigenvalue weighted by Gasteiger charge is -2.24. The number of hydrogen-bond acceptors (Lipinski definition) is 8. The van der Waals surface area contributed by atoms with Crippen molar-refractivity contribution in [3.8, 4) is 0 Å². The maximum absolute atomic E-state index is 13.1. The SMILES string of the molecule is NC(=O)CC(NC(=O)C(Cc1ccccc1)NC(=O)C(N)CS)C(=O)NC(Cc1cnc[nH]1)C(=O)O. The minimum absolute atomic E-state index is 0.0329. The van der Waals surface area contributed by atoms with Crippen LogP contribution < -0.4 is 27.4 Å². The molecule has 4 unspecified atom stereocenters. The molecule has 0 saturated carbocycles. The van der Waals surface area contributed by atoms with Gasteiger partial charge < -0.3 is 37.5 Å². The number of aromatic nitrogens is 2. The average Bonchev–Trinajstić information content (AvgIpc) is 3.35. The number of rotatable bonds is 14. The van der Waals surface area contributed by atoms with Gasteiger partial charge in [0, 0.05) is 30.5 Å². The Morgan fingerprint density at radius 1 is 0.944 bits per heavy atom. The summed E-state index contributed by atoms with van der Waals surface area (Å²) in [4.78, 5) is 68.1. The number of aromatic amines is 1. The van der Waals surface area contributed by atoms with Crippen molar-refractivity contribution in [3.05, 3.63) is 54.1 Å². The molecule has 13 nitrogen and oxygen atoms in total. The number of carboxylic acids is 1. The van der Waals surface area contributed by atoms with Gasteiger partial charge in [-0.2, -0.15) is 12.6 Å². The topological polar surface area (TPSA) is 222 Å². The summed E-state index contributed by atoms with van der Waals surface area (Å²) in [7, 11) is 0. The number of hydrogen-bond donors (Lipinski definition) is 8. The lowest BCUT2D eigenvalue weighted by atomic mass is 10.0. The van der Waals surface area contributed by atoms with Gasteiger partial charge in [-0.3, -0.25) is 19.2 Å². The van der Waals surface area contributed by atoms with E-state index >= 15 is 0 Å². The minimum atomic E-state index is -1.49. The zero-order valence-electron chi connectivity index (χ0n) is 19.2. The van der Waals surface area contributed by atoms with Crippen molar-refractivity contribution < 1.29 is 29.1 Å². The summed E-state index contributed by atoms with van der Waals surface area (Å²) < 4.78 is 0. The number of aliphatic carboxylic acids is 1. The van der Waals surface area contributed by atoms with Crippen molar-refractivity contribution in [2.45, 2.75) is 43.4 Å². The van der Waals surface area contributed by atoms with Crippen LogP contribution in [0.3, 0.4) is 0 Å². The van der Waals surface area contributed by atoms with Gasteiger partial charge >= 0.3 is 5.97 Å². The number of carbonyl (C=O) groups excluding carboxylic acids is 4. The highest BCUT2D eigenvalue weighted by molar-refractivity contribution is 7.80. The molecule has 2 rings (SSSR count). The number of H-pyrrole nitrogens is 1. The monoisotopic (exact) mass is 519 g/mol. The molecule has 0 bridgehead atoms. The van der Waals surface area contributed by atoms with Gasteiger partial charge in [0.1, 0.15) is 18.1 Å². The molecule has 194 valence electrons. The van der Waals surface area contributed by atoms with Gasteiger partial charge in [0.05, 0.1) is 18.8 Å². The lowest BCUT2D eigenvalue weighted by Crippen LogP contribution is -2.58. The highest BCUT2D eigenvalue weighted by atomic mass is 32.1. The zero-order valence-corrected chi connectivity index (χ0v) is 20.1. The predicted octanol–water partition coefficient (Wildman–Crippen LogP) is -2.13. The molecule has 36 heavy (non-hydrogen) atoms. The first-order chi connectivity index (χ1) is 17.1. The smallest absolute Gasteiger partial charge is 0.326 e. The number of benzene rings is 1. The summed E-state index contributed by atoms with van der Waals surface area (Å²) in [5.41, 5.74) is 12.1. The van der Waals surface area contributed by atoms with Crippen molar-refractivity contribution in [3.63, 3.8) is 0 Å². The van der Waals surface area contributed by atoms with Gasteiger partial charge in [-0.1, -0.05) is 30.3 Å². The van der Waals surface area contributed by atoms with Crippen molar-refractivity contribution in [1.82, 2.24) is 25.9 Å². The Hall–Kier alpha value is -3.91. The summed E-state index contributed by atoms with van der Waals surface area (Å²) in [5.74, 6) is -4.58. The molecule has 1 aromatic carbocycles. The summed E-state index contributed by atoms with van der Waals surface area (Å²) in [5, 5.41) is 16.7. The average molecular weight is 520 g/mol. The second-order valence-electron chi connectivity index (χ2n) is 7.95. The third-order valence-corrected chi connectivity index (χ3v) is 5.47. The van der Waals surface area contributed by atoms with E-state index in [0.29, 0.717) is 11.3 Å². The van der Waals surface area contributed by atoms with Crippen LogP contribution in [0.15, 0.2) is 42.9 Å². The second kappa shape index (κ2) is 13.8. The van der Waals surface area contributed by atoms with Gasteiger partial charge in [-0.25, -0.2) is 9.78 Å². The molecule has 0 aliphatic heterocycles. The van der Waals surface area contributed by atoms with Gasteiger partial charge in [-0.15, -0.1) is 0 Å². The lowest BCUT2D eigenvalue weighted by molar-refractivity contribution is -0.142. The molecular formula is C22H29N7O6S. The van der Waals surface area contributed by atoms with Crippen molar-refractivity contribution in [2.24, 2.45) is 11.5 Å². The van der Waals surface area contributed by atoms with E-state index in [2.05, 4.69) is 38.5 Å². The van der Waals surface area contributed by atoms with E-state index in [4.69, 9.17) is 11.5 Å². The van der Waals surface area contributed by atoms with Crippen LogP contribution in [-0.2, 0) is 36.8 Å². The summed E-state index contributed by atoms with van der Waals surface area (Å²) in [6.45, 7) is 0. The first-order valence-electron chi connectivity index (χ1n) is 10.9. The zero-order chi connectivity index (χ0) is 26.7. The third-order valence-electron chi connectivity index (χ3n) is 5.08. The minimum Gasteiger partial charge on any atom is -0.480 e. The van der Waals surface area contributed by atoms with E-state index in [-0.39, 0.29) is 18.6 Å². The number of carbonyl (C=O) groups is 5. The predicted molar refractivity (Wildman–Crippen MR) is 132 cm³/mol. The number of primary amides is 1. The largest absolute Gasteiger partial charge is 0.480 e. The summed E-state index contributed by atoms with van der Waals surface area (Å²) >= 11 is 3.98. The Balaban J connectivity index is 2.19. The molecule has 4 atom stereocenters. The molecule has 0 radical (unpaired) electrons. The fraction of sp³-hybridized carbons (Fsp3) is 0.364. The molecule has 0 aliphatic rings. The van der Waals surface area contributed by atoms with E-state index in [0.717, 1.165) is 0 Å². The number of amides is 4. The maximum atomic E-state index is 13.1. The summed E-state index contributed by atoms with van der Waals surface area (Å²) in [6, 6.07) is 3.75. The van der Waals surface area contributed by atoms with E-state index in [9.17, 15) is 29.1 Å². The fourth-order valence-corrected chi connectivity index (χ4v) is 3.36. The molecule has 0 aliphatic carbocycles. The summed E-state index contributed by atoms with van der Waals surface area (Å²) in [6.07, 6.45) is 2.09. The van der Waals surface area contributed by atoms with Crippen LogP contribution in [0.5, 0.6) is 0 Å². The van der Waals surface area contributed by atoms with Crippen LogP contribution in [0.25, 0.3) is 0 Å². The van der Waals surface area contributed by atoms with Gasteiger partial charge in [0.2, 0.25) is 23.6 Å². The molecule has 1 aromatic heterocycles. The number of nitrogens with one attached hydrogen (secondary N) is 4. The Kier molecular flexibility index (Phi) is 10.9. The number of nitrogens with two attached hydrogens (primary N) is 2. The van der Waals surface area contributed by atoms with Crippen LogP contribution in [0.2, 0.25) is 0 Å². The van der Waals surface area contributed by atoms with E-state index in [1.54, 1.807) is 30.3 Å². The van der Waals surface area contributed by atoms with Crippen LogP contribution in [0.4, 0.5) is 0 Å². The second-order valence-corrected chi connectivity index (χ2v) is 8.32. The normalized spacial score (nSPS) is 14.1.